The molecule has 2 rings (SSSR count). The van der Waals surface area contributed by atoms with Gasteiger partial charge < -0.3 is 15.7 Å². The highest BCUT2D eigenvalue weighted by Gasteiger charge is 2.47. The maximum atomic E-state index is 12.7. The molecule has 4 unspecified atom stereocenters. The molecule has 0 radical (unpaired) electrons. The first kappa shape index (κ1) is 14.0. The lowest BCUT2D eigenvalue weighted by Gasteiger charge is -2.25. The summed E-state index contributed by atoms with van der Waals surface area (Å²) < 4.78 is 38.2. The summed E-state index contributed by atoms with van der Waals surface area (Å²) in [5, 5.41) is 9.72. The average molecular weight is 282 g/mol. The smallest absolute Gasteiger partial charge is 0.393 e. The predicted molar refractivity (Wildman–Crippen MR) is 65.0 cm³/mol. The van der Waals surface area contributed by atoms with Gasteiger partial charge in [0.05, 0.1) is 11.1 Å². The number of hydrogen-bond acceptors (Lipinski definition) is 3. The Bertz CT molecular complexity index is 337. The average Bonchev–Trinajstić information content (AvgIpc) is 2.75. The Morgan fingerprint density at radius 3 is 2.56 bits per heavy atom. The molecule has 1 aliphatic heterocycles. The Labute approximate surface area is 109 Å². The van der Waals surface area contributed by atoms with Gasteiger partial charge >= 0.3 is 6.18 Å². The van der Waals surface area contributed by atoms with Gasteiger partial charge in [0, 0.05) is 25.6 Å². The van der Waals surface area contributed by atoms with Gasteiger partial charge in [0.25, 0.3) is 0 Å². The van der Waals surface area contributed by atoms with Crippen LogP contribution in [0.2, 0.25) is 0 Å². The summed E-state index contributed by atoms with van der Waals surface area (Å²) in [6.45, 7) is 0.941. The Kier molecular flexibility index (Phi) is 3.85. The van der Waals surface area contributed by atoms with Crippen LogP contribution in [0, 0.1) is 17.8 Å². The van der Waals surface area contributed by atoms with E-state index in [0.29, 0.717) is 19.0 Å². The summed E-state index contributed by atoms with van der Waals surface area (Å²) in [6.07, 6.45) is -3.09. The van der Waals surface area contributed by atoms with E-state index in [1.54, 1.807) is 4.90 Å². The van der Waals surface area contributed by atoms with Gasteiger partial charge in [0.1, 0.15) is 5.92 Å². The largest absolute Gasteiger partial charge is 0.399 e. The van der Waals surface area contributed by atoms with Crippen molar-refractivity contribution in [1.82, 2.24) is 4.90 Å². The van der Waals surface area contributed by atoms with Crippen molar-refractivity contribution in [2.45, 2.75) is 25.1 Å². The minimum Gasteiger partial charge on any atom is -0.393 e. The second-order valence-corrected chi connectivity index (χ2v) is 5.76. The van der Waals surface area contributed by atoms with Crippen LogP contribution < -0.4 is 5.73 Å². The number of rotatable bonds is 3. The molecule has 0 aromatic heterocycles. The summed E-state index contributed by atoms with van der Waals surface area (Å²) in [4.78, 5) is 1.23. The van der Waals surface area contributed by atoms with E-state index >= 15 is 0 Å². The summed E-state index contributed by atoms with van der Waals surface area (Å²) in [6, 6.07) is 0. The number of halogens is 3. The number of likely N-dealkylation sites (tertiary alicyclic amines) is 1. The lowest BCUT2D eigenvalue weighted by molar-refractivity contribution is -0.158. The van der Waals surface area contributed by atoms with E-state index in [1.807, 2.05) is 0 Å². The van der Waals surface area contributed by atoms with Crippen LogP contribution in [0.1, 0.15) is 12.8 Å². The van der Waals surface area contributed by atoms with Crippen molar-refractivity contribution in [2.75, 3.05) is 19.6 Å². The molecule has 1 heterocycles. The Morgan fingerprint density at radius 2 is 2.06 bits per heavy atom. The van der Waals surface area contributed by atoms with Crippen molar-refractivity contribution < 1.29 is 18.3 Å². The van der Waals surface area contributed by atoms with Gasteiger partial charge in [-0.3, -0.25) is 0 Å². The Morgan fingerprint density at radius 1 is 1.39 bits per heavy atom. The normalized spacial score (nSPS) is 34.6. The van der Waals surface area contributed by atoms with Crippen molar-refractivity contribution in [3.8, 4) is 0 Å². The maximum absolute atomic E-state index is 12.7. The van der Waals surface area contributed by atoms with E-state index in [1.165, 1.54) is 0 Å². The van der Waals surface area contributed by atoms with Crippen molar-refractivity contribution in [2.24, 2.45) is 23.5 Å². The molecule has 2 aliphatic rings. The van der Waals surface area contributed by atoms with Crippen LogP contribution in [0.4, 0.5) is 13.2 Å². The van der Waals surface area contributed by atoms with Crippen molar-refractivity contribution in [1.29, 1.82) is 0 Å². The molecule has 1 saturated heterocycles. The van der Waals surface area contributed by atoms with Gasteiger partial charge in [-0.25, -0.2) is 0 Å². The molecule has 3 nitrogen and oxygen atoms in total. The van der Waals surface area contributed by atoms with Crippen LogP contribution in [0.3, 0.4) is 0 Å². The van der Waals surface area contributed by atoms with E-state index < -0.39 is 17.1 Å². The summed E-state index contributed by atoms with van der Waals surface area (Å²) in [5.41, 5.74) is 5.18. The number of aliphatic hydroxyl groups is 1. The quantitative estimate of drug-likeness (QED) is 0.763. The topological polar surface area (TPSA) is 49.5 Å². The van der Waals surface area contributed by atoms with Crippen LogP contribution >= 0.6 is 12.2 Å². The molecule has 2 fully saturated rings. The molecule has 0 aromatic carbocycles. The van der Waals surface area contributed by atoms with Crippen LogP contribution in [-0.2, 0) is 0 Å². The third-order valence-corrected chi connectivity index (χ3v) is 4.36. The van der Waals surface area contributed by atoms with Crippen LogP contribution in [-0.4, -0.2) is 46.9 Å². The summed E-state index contributed by atoms with van der Waals surface area (Å²) in [5.74, 6) is -1.31. The Hall–Kier alpha value is -0.400. The molecule has 3 N–H and O–H groups in total. The van der Waals surface area contributed by atoms with Gasteiger partial charge in [-0.05, 0) is 18.8 Å². The summed E-state index contributed by atoms with van der Waals surface area (Å²) in [7, 11) is 0. The van der Waals surface area contributed by atoms with Gasteiger partial charge in [0.2, 0.25) is 0 Å². The fourth-order valence-corrected chi connectivity index (χ4v) is 3.30. The van der Waals surface area contributed by atoms with Gasteiger partial charge in [-0.2, -0.15) is 13.2 Å². The fraction of sp³-hybridized carbons (Fsp3) is 0.909. The van der Waals surface area contributed by atoms with E-state index in [2.05, 4.69) is 12.2 Å². The first-order valence-corrected chi connectivity index (χ1v) is 6.46. The van der Waals surface area contributed by atoms with E-state index in [4.69, 9.17) is 5.73 Å². The van der Waals surface area contributed by atoms with Gasteiger partial charge in [-0.15, -0.1) is 0 Å². The number of nitrogens with two attached hydrogens (primary N) is 1. The van der Waals surface area contributed by atoms with E-state index in [-0.39, 0.29) is 18.6 Å². The number of aliphatic hydroxyl groups excluding tert-OH is 1. The number of thiocarbonyl (C=S) groups is 1. The highest BCUT2D eigenvalue weighted by molar-refractivity contribution is 7.80. The second-order valence-electron chi connectivity index (χ2n) is 5.28. The molecule has 7 heteroatoms. The number of fused-ring (bicyclic) bond motifs is 1. The molecule has 1 saturated carbocycles. The van der Waals surface area contributed by atoms with Crippen molar-refractivity contribution in [3.05, 3.63) is 0 Å². The SMILES string of the molecule is NC(=S)C(CN1CC2CCC(O)C2C1)C(F)(F)F. The monoisotopic (exact) mass is 282 g/mol. The number of hydrogen-bond donors (Lipinski definition) is 2. The van der Waals surface area contributed by atoms with Gasteiger partial charge in [0.15, 0.2) is 0 Å². The first-order valence-electron chi connectivity index (χ1n) is 6.05. The predicted octanol–water partition coefficient (Wildman–Crippen LogP) is 1.15. The molecule has 0 amide bonds. The molecule has 104 valence electrons. The van der Waals surface area contributed by atoms with Crippen LogP contribution in [0.15, 0.2) is 0 Å². The third kappa shape index (κ3) is 2.78. The van der Waals surface area contributed by atoms with Crippen LogP contribution in [0.5, 0.6) is 0 Å². The molecular formula is C11H17F3N2OS. The highest BCUT2D eigenvalue weighted by Crippen LogP contribution is 2.39. The minimum atomic E-state index is -4.39. The third-order valence-electron chi connectivity index (χ3n) is 4.07. The molecule has 1 aliphatic carbocycles. The van der Waals surface area contributed by atoms with Crippen molar-refractivity contribution >= 4 is 17.2 Å². The molecule has 0 aromatic rings. The van der Waals surface area contributed by atoms with Gasteiger partial charge in [-0.1, -0.05) is 12.2 Å². The Balaban J connectivity index is 1.96. The molecular weight excluding hydrogens is 265 g/mol. The number of nitrogens with zero attached hydrogens (tertiary/aromatic N) is 1. The van der Waals surface area contributed by atoms with E-state index in [9.17, 15) is 18.3 Å². The lowest BCUT2D eigenvalue weighted by Crippen LogP contribution is -2.43. The summed E-state index contributed by atoms with van der Waals surface area (Å²) >= 11 is 4.51. The fourth-order valence-electron chi connectivity index (χ4n) is 3.09. The molecule has 4 atom stereocenters. The van der Waals surface area contributed by atoms with Crippen molar-refractivity contribution in [3.63, 3.8) is 0 Å². The second kappa shape index (κ2) is 4.94. The molecule has 0 spiro atoms. The first-order chi connectivity index (χ1) is 8.29. The van der Waals surface area contributed by atoms with E-state index in [0.717, 1.165) is 12.8 Å². The standard InChI is InChI=1S/C11H17F3N2OS/c12-11(13,14)8(10(15)18)5-16-3-6-1-2-9(17)7(6)4-16/h6-9,17H,1-5H2,(H2,15,18). The lowest BCUT2D eigenvalue weighted by atomic mass is 10.00. The molecule has 0 bridgehead atoms. The maximum Gasteiger partial charge on any atom is 0.399 e. The highest BCUT2D eigenvalue weighted by atomic mass is 32.1. The minimum absolute atomic E-state index is 0.116. The zero-order chi connectivity index (χ0) is 13.5. The molecule has 18 heavy (non-hydrogen) atoms. The zero-order valence-corrected chi connectivity index (χ0v) is 10.7. The number of alkyl halides is 3. The zero-order valence-electron chi connectivity index (χ0n) is 9.86. The van der Waals surface area contributed by atoms with Crippen LogP contribution in [0.25, 0.3) is 0 Å².